The van der Waals surface area contributed by atoms with Gasteiger partial charge in [-0.05, 0) is 58.7 Å². The zero-order valence-electron chi connectivity index (χ0n) is 17.3. The Morgan fingerprint density at radius 3 is 2.50 bits per heavy atom. The minimum atomic E-state index is 0.530. The van der Waals surface area contributed by atoms with Crippen LogP contribution < -0.4 is 10.6 Å². The molecule has 0 aromatic heterocycles. The van der Waals surface area contributed by atoms with Crippen molar-refractivity contribution >= 4 is 5.96 Å². The van der Waals surface area contributed by atoms with E-state index < -0.39 is 0 Å². The van der Waals surface area contributed by atoms with Crippen LogP contribution in [-0.4, -0.2) is 50.3 Å². The van der Waals surface area contributed by atoms with Crippen LogP contribution in [0.4, 0.5) is 0 Å². The second-order valence-corrected chi connectivity index (χ2v) is 6.80. The SMILES string of the molecule is CCNC(=NCc1ccccc1CN(C)C(C)C)NCCCCOCC. The molecule has 0 aliphatic carbocycles. The molecule has 0 spiro atoms. The summed E-state index contributed by atoms with van der Waals surface area (Å²) < 4.78 is 5.38. The van der Waals surface area contributed by atoms with E-state index in [0.29, 0.717) is 12.6 Å². The van der Waals surface area contributed by atoms with E-state index in [9.17, 15) is 0 Å². The van der Waals surface area contributed by atoms with Gasteiger partial charge in [0.25, 0.3) is 0 Å². The first-order chi connectivity index (χ1) is 12.6. The molecule has 1 aromatic carbocycles. The molecule has 1 aromatic rings. The van der Waals surface area contributed by atoms with Gasteiger partial charge in [0.15, 0.2) is 5.96 Å². The van der Waals surface area contributed by atoms with Gasteiger partial charge < -0.3 is 15.4 Å². The first kappa shape index (κ1) is 22.5. The Kier molecular flexibility index (Phi) is 11.7. The van der Waals surface area contributed by atoms with Gasteiger partial charge in [0, 0.05) is 38.9 Å². The lowest BCUT2D eigenvalue weighted by Gasteiger charge is -2.22. The third-order valence-corrected chi connectivity index (χ3v) is 4.38. The topological polar surface area (TPSA) is 48.9 Å². The zero-order chi connectivity index (χ0) is 19.2. The molecule has 0 saturated heterocycles. The molecule has 5 heteroatoms. The normalized spacial score (nSPS) is 12.0. The predicted molar refractivity (Wildman–Crippen MR) is 112 cm³/mol. The molecule has 0 atom stereocenters. The van der Waals surface area contributed by atoms with Gasteiger partial charge in [0.2, 0.25) is 0 Å². The zero-order valence-corrected chi connectivity index (χ0v) is 17.3. The van der Waals surface area contributed by atoms with Gasteiger partial charge in [0.1, 0.15) is 0 Å². The van der Waals surface area contributed by atoms with E-state index in [1.54, 1.807) is 0 Å². The maximum Gasteiger partial charge on any atom is 0.191 e. The lowest BCUT2D eigenvalue weighted by atomic mass is 10.1. The number of benzene rings is 1. The van der Waals surface area contributed by atoms with Crippen molar-refractivity contribution in [2.45, 2.75) is 59.7 Å². The van der Waals surface area contributed by atoms with Crippen LogP contribution >= 0.6 is 0 Å². The molecular formula is C21H38N4O. The van der Waals surface area contributed by atoms with Crippen LogP contribution in [0.3, 0.4) is 0 Å². The van der Waals surface area contributed by atoms with Gasteiger partial charge in [-0.1, -0.05) is 24.3 Å². The number of guanidine groups is 1. The number of aliphatic imine (C=N–C) groups is 1. The molecule has 2 N–H and O–H groups in total. The van der Waals surface area contributed by atoms with E-state index in [1.807, 2.05) is 6.92 Å². The van der Waals surface area contributed by atoms with E-state index in [4.69, 9.17) is 9.73 Å². The van der Waals surface area contributed by atoms with Crippen molar-refractivity contribution < 1.29 is 4.74 Å². The molecule has 0 bridgehead atoms. The molecule has 0 aliphatic rings. The van der Waals surface area contributed by atoms with Crippen LogP contribution in [-0.2, 0) is 17.8 Å². The van der Waals surface area contributed by atoms with Gasteiger partial charge in [0.05, 0.1) is 6.54 Å². The number of nitrogens with zero attached hydrogens (tertiary/aromatic N) is 2. The van der Waals surface area contributed by atoms with Crippen molar-refractivity contribution in [1.82, 2.24) is 15.5 Å². The first-order valence-corrected chi connectivity index (χ1v) is 9.95. The highest BCUT2D eigenvalue weighted by Crippen LogP contribution is 2.13. The highest BCUT2D eigenvalue weighted by molar-refractivity contribution is 5.79. The van der Waals surface area contributed by atoms with Crippen LogP contribution in [0.1, 0.15) is 51.7 Å². The summed E-state index contributed by atoms with van der Waals surface area (Å²) in [5.74, 6) is 0.885. The molecule has 0 fully saturated rings. The van der Waals surface area contributed by atoms with Crippen molar-refractivity contribution in [3.63, 3.8) is 0 Å². The molecule has 0 aliphatic heterocycles. The first-order valence-electron chi connectivity index (χ1n) is 9.95. The number of hydrogen-bond acceptors (Lipinski definition) is 3. The number of ether oxygens (including phenoxy) is 1. The quantitative estimate of drug-likeness (QED) is 0.340. The standard InChI is InChI=1S/C21H38N4O/c1-6-22-21(23-14-10-11-15-26-7-2)24-16-19-12-8-9-13-20(19)17-25(5)18(3)4/h8-9,12-13,18H,6-7,10-11,14-17H2,1-5H3,(H2,22,23,24). The molecule has 0 amide bonds. The minimum Gasteiger partial charge on any atom is -0.382 e. The monoisotopic (exact) mass is 362 g/mol. The van der Waals surface area contributed by atoms with E-state index >= 15 is 0 Å². The lowest BCUT2D eigenvalue weighted by molar-refractivity contribution is 0.143. The minimum absolute atomic E-state index is 0.530. The fraction of sp³-hybridized carbons (Fsp3) is 0.667. The predicted octanol–water partition coefficient (Wildman–Crippen LogP) is 3.40. The van der Waals surface area contributed by atoms with Crippen LogP contribution in [0, 0.1) is 0 Å². The molecule has 5 nitrogen and oxygen atoms in total. The van der Waals surface area contributed by atoms with E-state index in [0.717, 1.165) is 51.6 Å². The van der Waals surface area contributed by atoms with Crippen molar-refractivity contribution in [3.05, 3.63) is 35.4 Å². The molecular weight excluding hydrogens is 324 g/mol. The second kappa shape index (κ2) is 13.6. The number of rotatable bonds is 12. The Hall–Kier alpha value is -1.59. The Bertz CT molecular complexity index is 516. The number of hydrogen-bond donors (Lipinski definition) is 2. The summed E-state index contributed by atoms with van der Waals surface area (Å²) in [6.45, 7) is 13.6. The summed E-state index contributed by atoms with van der Waals surface area (Å²) in [6.07, 6.45) is 2.16. The molecule has 1 rings (SSSR count). The molecule has 26 heavy (non-hydrogen) atoms. The van der Waals surface area contributed by atoms with Crippen LogP contribution in [0.5, 0.6) is 0 Å². The average molecular weight is 363 g/mol. The van der Waals surface area contributed by atoms with Crippen LogP contribution in [0.2, 0.25) is 0 Å². The highest BCUT2D eigenvalue weighted by Gasteiger charge is 2.08. The summed E-state index contributed by atoms with van der Waals surface area (Å²) in [7, 11) is 2.17. The third kappa shape index (κ3) is 9.20. The Labute approximate surface area is 160 Å². The second-order valence-electron chi connectivity index (χ2n) is 6.80. The van der Waals surface area contributed by atoms with Gasteiger partial charge in [-0.3, -0.25) is 4.90 Å². The summed E-state index contributed by atoms with van der Waals surface area (Å²) in [5.41, 5.74) is 2.63. The van der Waals surface area contributed by atoms with Crippen LogP contribution in [0.25, 0.3) is 0 Å². The molecule has 0 heterocycles. The van der Waals surface area contributed by atoms with Crippen molar-refractivity contribution in [2.75, 3.05) is 33.4 Å². The average Bonchev–Trinajstić information content (AvgIpc) is 2.63. The van der Waals surface area contributed by atoms with Gasteiger partial charge in [-0.15, -0.1) is 0 Å². The lowest BCUT2D eigenvalue weighted by Crippen LogP contribution is -2.37. The molecule has 0 saturated carbocycles. The fourth-order valence-corrected chi connectivity index (χ4v) is 2.50. The van der Waals surface area contributed by atoms with Crippen molar-refractivity contribution in [1.29, 1.82) is 0 Å². The van der Waals surface area contributed by atoms with E-state index in [2.05, 4.69) is 67.6 Å². The molecule has 148 valence electrons. The fourth-order valence-electron chi connectivity index (χ4n) is 2.50. The van der Waals surface area contributed by atoms with E-state index in [-0.39, 0.29) is 0 Å². The Morgan fingerprint density at radius 2 is 1.85 bits per heavy atom. The van der Waals surface area contributed by atoms with Crippen LogP contribution in [0.15, 0.2) is 29.3 Å². The number of unbranched alkanes of at least 4 members (excludes halogenated alkanes) is 1. The Balaban J connectivity index is 2.60. The van der Waals surface area contributed by atoms with Gasteiger partial charge in [-0.25, -0.2) is 4.99 Å². The molecule has 0 radical (unpaired) electrons. The summed E-state index contributed by atoms with van der Waals surface area (Å²) in [4.78, 5) is 7.13. The third-order valence-electron chi connectivity index (χ3n) is 4.38. The van der Waals surface area contributed by atoms with Gasteiger partial charge in [-0.2, -0.15) is 0 Å². The van der Waals surface area contributed by atoms with E-state index in [1.165, 1.54) is 11.1 Å². The van der Waals surface area contributed by atoms with Gasteiger partial charge >= 0.3 is 0 Å². The van der Waals surface area contributed by atoms with Crippen molar-refractivity contribution in [3.8, 4) is 0 Å². The summed E-state index contributed by atoms with van der Waals surface area (Å²) in [6, 6.07) is 9.12. The molecule has 0 unspecified atom stereocenters. The van der Waals surface area contributed by atoms with Crippen molar-refractivity contribution in [2.24, 2.45) is 4.99 Å². The smallest absolute Gasteiger partial charge is 0.191 e. The highest BCUT2D eigenvalue weighted by atomic mass is 16.5. The maximum atomic E-state index is 5.38. The summed E-state index contributed by atoms with van der Waals surface area (Å²) >= 11 is 0. The maximum absolute atomic E-state index is 5.38. The Morgan fingerprint density at radius 1 is 1.12 bits per heavy atom. The summed E-state index contributed by atoms with van der Waals surface area (Å²) in [5, 5.41) is 6.75. The number of nitrogens with one attached hydrogen (secondary N) is 2. The largest absolute Gasteiger partial charge is 0.382 e.